The van der Waals surface area contributed by atoms with E-state index in [-0.39, 0.29) is 5.91 Å². The second-order valence-electron chi connectivity index (χ2n) is 8.33. The SMILES string of the molecule is CCCN(c1ncccc1N(C)CC)C1CCN(C(=O)c2c[nH]c3ccccc23)CC1. The number of piperidine rings is 1. The number of aromatic nitrogens is 2. The number of aromatic amines is 1. The highest BCUT2D eigenvalue weighted by Gasteiger charge is 2.30. The molecule has 0 saturated carbocycles. The predicted molar refractivity (Wildman–Crippen MR) is 128 cm³/mol. The molecule has 3 aromatic rings. The van der Waals surface area contributed by atoms with Gasteiger partial charge in [-0.2, -0.15) is 0 Å². The highest BCUT2D eigenvalue weighted by atomic mass is 16.2. The minimum Gasteiger partial charge on any atom is -0.372 e. The van der Waals surface area contributed by atoms with Gasteiger partial charge in [0.15, 0.2) is 5.82 Å². The van der Waals surface area contributed by atoms with E-state index in [1.54, 1.807) is 0 Å². The molecule has 164 valence electrons. The van der Waals surface area contributed by atoms with Gasteiger partial charge in [-0.25, -0.2) is 4.98 Å². The van der Waals surface area contributed by atoms with Crippen molar-refractivity contribution in [2.45, 2.75) is 39.2 Å². The summed E-state index contributed by atoms with van der Waals surface area (Å²) >= 11 is 0. The number of para-hydroxylation sites is 1. The Morgan fingerprint density at radius 3 is 2.68 bits per heavy atom. The third-order valence-electron chi connectivity index (χ3n) is 6.40. The van der Waals surface area contributed by atoms with Gasteiger partial charge in [0.2, 0.25) is 0 Å². The van der Waals surface area contributed by atoms with Crippen LogP contribution in [0, 0.1) is 0 Å². The first-order valence-electron chi connectivity index (χ1n) is 11.4. The van der Waals surface area contributed by atoms with Gasteiger partial charge in [0.05, 0.1) is 11.3 Å². The zero-order valence-corrected chi connectivity index (χ0v) is 18.8. The molecule has 1 saturated heterocycles. The first-order valence-corrected chi connectivity index (χ1v) is 11.4. The van der Waals surface area contributed by atoms with Gasteiger partial charge in [-0.3, -0.25) is 4.79 Å². The fourth-order valence-corrected chi connectivity index (χ4v) is 4.58. The van der Waals surface area contributed by atoms with Crippen LogP contribution in [-0.4, -0.2) is 60.0 Å². The van der Waals surface area contributed by atoms with E-state index in [1.807, 2.05) is 47.6 Å². The third-order valence-corrected chi connectivity index (χ3v) is 6.40. The number of likely N-dealkylation sites (tertiary alicyclic amines) is 1. The smallest absolute Gasteiger partial charge is 0.256 e. The Kier molecular flexibility index (Phi) is 6.44. The Labute approximate surface area is 184 Å². The quantitative estimate of drug-likeness (QED) is 0.611. The lowest BCUT2D eigenvalue weighted by Crippen LogP contribution is -2.47. The molecule has 1 N–H and O–H groups in total. The number of nitrogens with one attached hydrogen (secondary N) is 1. The molecule has 2 aromatic heterocycles. The van der Waals surface area contributed by atoms with Crippen LogP contribution in [0.1, 0.15) is 43.5 Å². The van der Waals surface area contributed by atoms with Crippen molar-refractivity contribution in [2.75, 3.05) is 43.0 Å². The molecule has 3 heterocycles. The van der Waals surface area contributed by atoms with Crippen LogP contribution < -0.4 is 9.80 Å². The molecule has 0 aliphatic carbocycles. The second-order valence-corrected chi connectivity index (χ2v) is 8.33. The Hall–Kier alpha value is -3.02. The lowest BCUT2D eigenvalue weighted by atomic mass is 10.0. The molecule has 6 nitrogen and oxygen atoms in total. The van der Waals surface area contributed by atoms with Crippen LogP contribution in [0.25, 0.3) is 10.9 Å². The molecule has 0 atom stereocenters. The molecule has 0 spiro atoms. The lowest BCUT2D eigenvalue weighted by Gasteiger charge is -2.40. The highest BCUT2D eigenvalue weighted by molar-refractivity contribution is 6.06. The van der Waals surface area contributed by atoms with Gasteiger partial charge in [-0.1, -0.05) is 25.1 Å². The number of carbonyl (C=O) groups excluding carboxylic acids is 1. The van der Waals surface area contributed by atoms with Gasteiger partial charge >= 0.3 is 0 Å². The number of anilines is 2. The van der Waals surface area contributed by atoms with Crippen molar-refractivity contribution < 1.29 is 4.79 Å². The summed E-state index contributed by atoms with van der Waals surface area (Å²) < 4.78 is 0. The minimum absolute atomic E-state index is 0.127. The topological polar surface area (TPSA) is 55.5 Å². The zero-order valence-electron chi connectivity index (χ0n) is 18.8. The van der Waals surface area contributed by atoms with Crippen molar-refractivity contribution in [1.29, 1.82) is 0 Å². The third kappa shape index (κ3) is 4.24. The van der Waals surface area contributed by atoms with Gasteiger partial charge in [0, 0.05) is 62.6 Å². The monoisotopic (exact) mass is 419 g/mol. The lowest BCUT2D eigenvalue weighted by molar-refractivity contribution is 0.0714. The summed E-state index contributed by atoms with van der Waals surface area (Å²) in [6.45, 7) is 7.84. The van der Waals surface area contributed by atoms with Crippen molar-refractivity contribution in [3.8, 4) is 0 Å². The number of benzene rings is 1. The fraction of sp³-hybridized carbons (Fsp3) is 0.440. The summed E-state index contributed by atoms with van der Waals surface area (Å²) in [7, 11) is 2.12. The molecule has 6 heteroatoms. The molecule has 4 rings (SSSR count). The van der Waals surface area contributed by atoms with Gasteiger partial charge in [0.25, 0.3) is 5.91 Å². The van der Waals surface area contributed by atoms with E-state index in [0.29, 0.717) is 6.04 Å². The average Bonchev–Trinajstić information content (AvgIpc) is 3.26. The van der Waals surface area contributed by atoms with Crippen LogP contribution in [0.5, 0.6) is 0 Å². The molecule has 31 heavy (non-hydrogen) atoms. The van der Waals surface area contributed by atoms with E-state index in [0.717, 1.165) is 67.7 Å². The highest BCUT2D eigenvalue weighted by Crippen LogP contribution is 2.31. The molecule has 1 fully saturated rings. The summed E-state index contributed by atoms with van der Waals surface area (Å²) in [5.41, 5.74) is 2.96. The Bertz CT molecular complexity index is 1020. The first kappa shape index (κ1) is 21.2. The number of H-pyrrole nitrogens is 1. The van der Waals surface area contributed by atoms with Crippen LogP contribution in [-0.2, 0) is 0 Å². The summed E-state index contributed by atoms with van der Waals surface area (Å²) in [5, 5.41) is 1.00. The molecule has 0 unspecified atom stereocenters. The van der Waals surface area contributed by atoms with Crippen molar-refractivity contribution in [2.24, 2.45) is 0 Å². The summed E-state index contributed by atoms with van der Waals surface area (Å²) in [4.78, 5) is 27.9. The van der Waals surface area contributed by atoms with Gasteiger partial charge in [0.1, 0.15) is 0 Å². The van der Waals surface area contributed by atoms with E-state index in [1.165, 1.54) is 5.69 Å². The maximum Gasteiger partial charge on any atom is 0.256 e. The second kappa shape index (κ2) is 9.41. The number of pyridine rings is 1. The average molecular weight is 420 g/mol. The van der Waals surface area contributed by atoms with Gasteiger partial charge in [-0.15, -0.1) is 0 Å². The molecule has 1 aliphatic rings. The van der Waals surface area contributed by atoms with Crippen molar-refractivity contribution in [1.82, 2.24) is 14.9 Å². The summed E-state index contributed by atoms with van der Waals surface area (Å²) in [6, 6.07) is 12.6. The Morgan fingerprint density at radius 2 is 1.94 bits per heavy atom. The van der Waals surface area contributed by atoms with E-state index >= 15 is 0 Å². The van der Waals surface area contributed by atoms with Crippen LogP contribution in [0.2, 0.25) is 0 Å². The number of nitrogens with zero attached hydrogens (tertiary/aromatic N) is 4. The maximum atomic E-state index is 13.2. The standard InChI is InChI=1S/C25H33N5O/c1-4-15-30(24-23(28(3)5-2)11-8-14-26-24)19-12-16-29(17-13-19)25(31)21-18-27-22-10-7-6-9-20(21)22/h6-11,14,18-19,27H,4-5,12-13,15-17H2,1-3H3. The number of fused-ring (bicyclic) bond motifs is 1. The molecular weight excluding hydrogens is 386 g/mol. The van der Waals surface area contributed by atoms with Crippen LogP contribution in [0.3, 0.4) is 0 Å². The Balaban J connectivity index is 1.50. The van der Waals surface area contributed by atoms with Crippen molar-refractivity contribution in [3.05, 3.63) is 54.4 Å². The minimum atomic E-state index is 0.127. The number of hydrogen-bond donors (Lipinski definition) is 1. The predicted octanol–water partition coefficient (Wildman–Crippen LogP) is 4.54. The summed E-state index contributed by atoms with van der Waals surface area (Å²) in [5.74, 6) is 1.19. The van der Waals surface area contributed by atoms with Gasteiger partial charge in [-0.05, 0) is 44.4 Å². The zero-order chi connectivity index (χ0) is 21.8. The Morgan fingerprint density at radius 1 is 1.16 bits per heavy atom. The number of carbonyl (C=O) groups is 1. The van der Waals surface area contributed by atoms with E-state index in [9.17, 15) is 4.79 Å². The molecule has 1 aliphatic heterocycles. The van der Waals surface area contributed by atoms with E-state index in [4.69, 9.17) is 4.98 Å². The molecule has 1 aromatic carbocycles. The number of hydrogen-bond acceptors (Lipinski definition) is 4. The fourth-order valence-electron chi connectivity index (χ4n) is 4.58. The number of amides is 1. The van der Waals surface area contributed by atoms with Crippen molar-refractivity contribution >= 4 is 28.3 Å². The molecular formula is C25H33N5O. The van der Waals surface area contributed by atoms with Crippen LogP contribution in [0.4, 0.5) is 11.5 Å². The van der Waals surface area contributed by atoms with E-state index < -0.39 is 0 Å². The first-order chi connectivity index (χ1) is 15.1. The summed E-state index contributed by atoms with van der Waals surface area (Å²) in [6.07, 6.45) is 6.73. The van der Waals surface area contributed by atoms with Gasteiger partial charge < -0.3 is 19.7 Å². The normalized spacial score (nSPS) is 14.7. The van der Waals surface area contributed by atoms with Crippen LogP contribution >= 0.6 is 0 Å². The van der Waals surface area contributed by atoms with Crippen molar-refractivity contribution in [3.63, 3.8) is 0 Å². The molecule has 0 radical (unpaired) electrons. The largest absolute Gasteiger partial charge is 0.372 e. The molecule has 1 amide bonds. The molecule has 0 bridgehead atoms. The maximum absolute atomic E-state index is 13.2. The van der Waals surface area contributed by atoms with Crippen LogP contribution in [0.15, 0.2) is 48.8 Å². The number of rotatable bonds is 7. The van der Waals surface area contributed by atoms with E-state index in [2.05, 4.69) is 41.7 Å².